The van der Waals surface area contributed by atoms with Gasteiger partial charge in [0.1, 0.15) is 5.76 Å². The molecular weight excluding hydrogens is 336 g/mol. The summed E-state index contributed by atoms with van der Waals surface area (Å²) >= 11 is 0. The van der Waals surface area contributed by atoms with Crippen molar-refractivity contribution in [2.45, 2.75) is 25.8 Å². The molecule has 0 aliphatic heterocycles. The zero-order valence-corrected chi connectivity index (χ0v) is 15.2. The summed E-state index contributed by atoms with van der Waals surface area (Å²) in [5.41, 5.74) is 4.57. The van der Waals surface area contributed by atoms with Gasteiger partial charge in [0.05, 0.1) is 12.8 Å². The second kappa shape index (κ2) is 7.54. The van der Waals surface area contributed by atoms with Gasteiger partial charge in [0.2, 0.25) is 5.91 Å². The fourth-order valence-electron chi connectivity index (χ4n) is 3.44. The molecular formula is C23H22N2O2. The number of fused-ring (bicyclic) bond motifs is 1. The van der Waals surface area contributed by atoms with Gasteiger partial charge < -0.3 is 14.7 Å². The van der Waals surface area contributed by atoms with Crippen LogP contribution in [0.2, 0.25) is 0 Å². The van der Waals surface area contributed by atoms with Gasteiger partial charge in [-0.05, 0) is 36.2 Å². The van der Waals surface area contributed by atoms with Crippen molar-refractivity contribution < 1.29 is 9.21 Å². The minimum atomic E-state index is -0.0154. The molecule has 1 atom stereocenters. The molecule has 0 bridgehead atoms. The maximum atomic E-state index is 12.7. The summed E-state index contributed by atoms with van der Waals surface area (Å²) in [5.74, 6) is 0.739. The molecule has 4 nitrogen and oxygen atoms in total. The van der Waals surface area contributed by atoms with Gasteiger partial charge in [-0.1, -0.05) is 48.0 Å². The lowest BCUT2D eigenvalue weighted by atomic mass is 9.87. The smallest absolute Gasteiger partial charge is 0.221 e. The molecule has 2 aromatic heterocycles. The molecule has 0 aliphatic rings. The monoisotopic (exact) mass is 358 g/mol. The van der Waals surface area contributed by atoms with Crippen molar-refractivity contribution in [3.63, 3.8) is 0 Å². The Balaban J connectivity index is 1.62. The molecule has 0 unspecified atom stereocenters. The van der Waals surface area contributed by atoms with Crippen LogP contribution in [0.3, 0.4) is 0 Å². The molecule has 2 aromatic carbocycles. The number of amides is 1. The maximum Gasteiger partial charge on any atom is 0.221 e. The SMILES string of the molecule is Cc1ccc([C@H](CC(=O)NCc2ccco2)c2c[nH]c3ccccc23)cc1. The van der Waals surface area contributed by atoms with Crippen LogP contribution in [0.1, 0.15) is 34.8 Å². The summed E-state index contributed by atoms with van der Waals surface area (Å²) in [6.45, 7) is 2.47. The molecule has 0 saturated carbocycles. The van der Waals surface area contributed by atoms with E-state index >= 15 is 0 Å². The fraction of sp³-hybridized carbons (Fsp3) is 0.174. The Kier molecular flexibility index (Phi) is 4.79. The van der Waals surface area contributed by atoms with E-state index in [2.05, 4.69) is 53.6 Å². The van der Waals surface area contributed by atoms with Crippen LogP contribution in [0.4, 0.5) is 0 Å². The molecule has 0 spiro atoms. The van der Waals surface area contributed by atoms with E-state index in [1.165, 1.54) is 5.56 Å². The number of rotatable bonds is 6. The topological polar surface area (TPSA) is 58.0 Å². The molecule has 4 heteroatoms. The minimum absolute atomic E-state index is 0.00209. The zero-order chi connectivity index (χ0) is 18.6. The molecule has 4 rings (SSSR count). The number of nitrogens with one attached hydrogen (secondary N) is 2. The van der Waals surface area contributed by atoms with Crippen molar-refractivity contribution >= 4 is 16.8 Å². The predicted molar refractivity (Wildman–Crippen MR) is 106 cm³/mol. The summed E-state index contributed by atoms with van der Waals surface area (Å²) in [6.07, 6.45) is 4.02. The number of H-pyrrole nitrogens is 1. The quantitative estimate of drug-likeness (QED) is 0.515. The highest BCUT2D eigenvalue weighted by Gasteiger charge is 2.21. The Hall–Kier alpha value is -3.27. The second-order valence-corrected chi connectivity index (χ2v) is 6.81. The molecule has 0 saturated heterocycles. The van der Waals surface area contributed by atoms with Crippen molar-refractivity contribution in [2.75, 3.05) is 0 Å². The van der Waals surface area contributed by atoms with Gasteiger partial charge in [-0.2, -0.15) is 0 Å². The van der Waals surface area contributed by atoms with E-state index in [9.17, 15) is 4.79 Å². The van der Waals surface area contributed by atoms with Crippen LogP contribution in [-0.2, 0) is 11.3 Å². The number of hydrogen-bond acceptors (Lipinski definition) is 2. The van der Waals surface area contributed by atoms with E-state index in [0.717, 1.165) is 27.8 Å². The largest absolute Gasteiger partial charge is 0.467 e. The first-order valence-electron chi connectivity index (χ1n) is 9.12. The first-order valence-corrected chi connectivity index (χ1v) is 9.12. The molecule has 2 heterocycles. The number of benzene rings is 2. The van der Waals surface area contributed by atoms with Crippen LogP contribution in [0, 0.1) is 6.92 Å². The lowest BCUT2D eigenvalue weighted by Crippen LogP contribution is -2.24. The van der Waals surface area contributed by atoms with E-state index in [1.807, 2.05) is 30.5 Å². The number of aromatic nitrogens is 1. The summed E-state index contributed by atoms with van der Waals surface area (Å²) < 4.78 is 5.30. The van der Waals surface area contributed by atoms with E-state index < -0.39 is 0 Å². The number of carbonyl (C=O) groups is 1. The average Bonchev–Trinajstić information content (AvgIpc) is 3.35. The van der Waals surface area contributed by atoms with Crippen molar-refractivity contribution in [3.8, 4) is 0 Å². The van der Waals surface area contributed by atoms with Gasteiger partial charge in [0.25, 0.3) is 0 Å². The highest BCUT2D eigenvalue weighted by molar-refractivity contribution is 5.86. The minimum Gasteiger partial charge on any atom is -0.467 e. The Morgan fingerprint density at radius 2 is 1.89 bits per heavy atom. The van der Waals surface area contributed by atoms with Crippen LogP contribution >= 0.6 is 0 Å². The number of aromatic amines is 1. The van der Waals surface area contributed by atoms with Crippen LogP contribution in [0.25, 0.3) is 10.9 Å². The second-order valence-electron chi connectivity index (χ2n) is 6.81. The molecule has 1 amide bonds. The third-order valence-corrected chi connectivity index (χ3v) is 4.91. The van der Waals surface area contributed by atoms with Crippen molar-refractivity contribution in [1.82, 2.24) is 10.3 Å². The summed E-state index contributed by atoms with van der Waals surface area (Å²) in [6, 6.07) is 20.3. The maximum absolute atomic E-state index is 12.7. The third-order valence-electron chi connectivity index (χ3n) is 4.91. The number of furan rings is 1. The molecule has 27 heavy (non-hydrogen) atoms. The Morgan fingerprint density at radius 3 is 2.67 bits per heavy atom. The molecule has 0 radical (unpaired) electrons. The van der Waals surface area contributed by atoms with Crippen LogP contribution < -0.4 is 5.32 Å². The van der Waals surface area contributed by atoms with Gasteiger partial charge in [-0.25, -0.2) is 0 Å². The fourth-order valence-corrected chi connectivity index (χ4v) is 3.44. The average molecular weight is 358 g/mol. The Labute approximate surface area is 158 Å². The highest BCUT2D eigenvalue weighted by atomic mass is 16.3. The number of aryl methyl sites for hydroxylation is 1. The van der Waals surface area contributed by atoms with Crippen LogP contribution in [0.15, 0.2) is 77.5 Å². The molecule has 0 aliphatic carbocycles. The number of hydrogen-bond donors (Lipinski definition) is 2. The number of para-hydroxylation sites is 1. The van der Waals surface area contributed by atoms with Crippen LogP contribution in [-0.4, -0.2) is 10.9 Å². The van der Waals surface area contributed by atoms with Gasteiger partial charge in [-0.15, -0.1) is 0 Å². The molecule has 4 aromatic rings. The van der Waals surface area contributed by atoms with Gasteiger partial charge in [0.15, 0.2) is 0 Å². The summed E-state index contributed by atoms with van der Waals surface area (Å²) in [7, 11) is 0. The summed E-state index contributed by atoms with van der Waals surface area (Å²) in [4.78, 5) is 16.0. The standard InChI is InChI=1S/C23H22N2O2/c1-16-8-10-17(11-9-16)20(13-23(26)25-14-18-5-4-12-27-18)21-15-24-22-7-3-2-6-19(21)22/h2-12,15,20,24H,13-14H2,1H3,(H,25,26)/t20-/m0/s1. The van der Waals surface area contributed by atoms with E-state index in [1.54, 1.807) is 6.26 Å². The van der Waals surface area contributed by atoms with Gasteiger partial charge in [-0.3, -0.25) is 4.79 Å². The Bertz CT molecular complexity index is 1030. The van der Waals surface area contributed by atoms with Gasteiger partial charge in [0, 0.05) is 29.4 Å². The van der Waals surface area contributed by atoms with Crippen molar-refractivity contribution in [2.24, 2.45) is 0 Å². The summed E-state index contributed by atoms with van der Waals surface area (Å²) in [5, 5.41) is 4.12. The highest BCUT2D eigenvalue weighted by Crippen LogP contribution is 2.33. The van der Waals surface area contributed by atoms with Crippen LogP contribution in [0.5, 0.6) is 0 Å². The first kappa shape index (κ1) is 17.2. The third kappa shape index (κ3) is 3.80. The predicted octanol–water partition coefficient (Wildman–Crippen LogP) is 4.91. The lowest BCUT2D eigenvalue weighted by molar-refractivity contribution is -0.121. The normalized spacial score (nSPS) is 12.2. The first-order chi connectivity index (χ1) is 13.2. The van der Waals surface area contributed by atoms with Gasteiger partial charge >= 0.3 is 0 Å². The van der Waals surface area contributed by atoms with Crippen molar-refractivity contribution in [1.29, 1.82) is 0 Å². The molecule has 0 fully saturated rings. The lowest BCUT2D eigenvalue weighted by Gasteiger charge is -2.17. The zero-order valence-electron chi connectivity index (χ0n) is 15.2. The van der Waals surface area contributed by atoms with E-state index in [0.29, 0.717) is 13.0 Å². The van der Waals surface area contributed by atoms with Crippen molar-refractivity contribution in [3.05, 3.63) is 95.6 Å². The Morgan fingerprint density at radius 1 is 1.07 bits per heavy atom. The number of carbonyl (C=O) groups excluding carboxylic acids is 1. The van der Waals surface area contributed by atoms with E-state index in [-0.39, 0.29) is 11.8 Å². The molecule has 2 N–H and O–H groups in total. The van der Waals surface area contributed by atoms with E-state index in [4.69, 9.17) is 4.42 Å². The molecule has 136 valence electrons.